The van der Waals surface area contributed by atoms with E-state index < -0.39 is 6.17 Å². The third kappa shape index (κ3) is 4.71. The molecule has 27 heavy (non-hydrogen) atoms. The van der Waals surface area contributed by atoms with E-state index in [4.69, 9.17) is 15.7 Å². The summed E-state index contributed by atoms with van der Waals surface area (Å²) in [7, 11) is 1.53. The molecule has 0 bridgehead atoms. The van der Waals surface area contributed by atoms with E-state index in [2.05, 4.69) is 15.6 Å². The number of nitrogens with one attached hydrogen (secondary N) is 2. The first-order valence-electron chi connectivity index (χ1n) is 8.37. The number of phenolic OH excluding ortho intramolecular Hbond substituents is 1. The number of nitrogens with zero attached hydrogens (tertiary/aromatic N) is 1. The molecule has 5 N–H and O–H groups in total. The Hall–Kier alpha value is -3.18. The first-order valence-corrected chi connectivity index (χ1v) is 8.37. The number of anilines is 1. The Bertz CT molecular complexity index is 836. The number of hydrogen-bond donors (Lipinski definition) is 4. The van der Waals surface area contributed by atoms with E-state index in [9.17, 15) is 9.63 Å². The summed E-state index contributed by atoms with van der Waals surface area (Å²) in [5.74, 6) is 0.623. The van der Waals surface area contributed by atoms with Crippen molar-refractivity contribution in [3.05, 3.63) is 47.0 Å². The van der Waals surface area contributed by atoms with Crippen molar-refractivity contribution in [3.63, 3.8) is 0 Å². The lowest BCUT2D eigenvalue weighted by Gasteiger charge is -2.21. The van der Waals surface area contributed by atoms with Crippen LogP contribution in [0, 0.1) is 11.5 Å². The van der Waals surface area contributed by atoms with Crippen LogP contribution in [0.25, 0.3) is 0 Å². The molecule has 0 amide bonds. The molecule has 0 fully saturated rings. The Balaban J connectivity index is 2.30. The normalized spacial score (nSPS) is 11.6. The molecule has 0 aliphatic carbocycles. The second-order valence-electron chi connectivity index (χ2n) is 6.30. The number of rotatable bonds is 8. The standard InChI is InChI=1S/C19H23FN4O3/c1-11(2)13-7-14(16(25)8-17(13)26-3)19(22)24-15-5-4-12(9-23-10-21)6-18(15)27-20/h4-8,11,19,23-25H,9,22H2,1-3H3. The second-order valence-corrected chi connectivity index (χ2v) is 6.30. The minimum atomic E-state index is -0.814. The van der Waals surface area contributed by atoms with Crippen LogP contribution in [-0.2, 0) is 6.54 Å². The molecule has 0 aromatic heterocycles. The lowest BCUT2D eigenvalue weighted by molar-refractivity contribution is -0.00543. The van der Waals surface area contributed by atoms with Gasteiger partial charge in [-0.05, 0) is 35.2 Å². The highest BCUT2D eigenvalue weighted by atomic mass is 19.3. The molecular weight excluding hydrogens is 351 g/mol. The van der Waals surface area contributed by atoms with E-state index in [1.54, 1.807) is 24.4 Å². The van der Waals surface area contributed by atoms with Gasteiger partial charge < -0.3 is 26.2 Å². The van der Waals surface area contributed by atoms with Gasteiger partial charge in [0.1, 0.15) is 17.7 Å². The molecule has 0 heterocycles. The van der Waals surface area contributed by atoms with Crippen LogP contribution in [0.15, 0.2) is 30.3 Å². The molecule has 0 spiro atoms. The van der Waals surface area contributed by atoms with Crippen LogP contribution < -0.4 is 26.0 Å². The Labute approximate surface area is 157 Å². The molecule has 0 aliphatic rings. The molecule has 1 atom stereocenters. The Kier molecular flexibility index (Phi) is 6.68. The number of nitrogens with two attached hydrogens (primary N) is 1. The quantitative estimate of drug-likeness (QED) is 0.318. The maximum Gasteiger partial charge on any atom is 0.195 e. The highest BCUT2D eigenvalue weighted by Gasteiger charge is 2.19. The van der Waals surface area contributed by atoms with Crippen LogP contribution in [0.2, 0.25) is 0 Å². The fourth-order valence-corrected chi connectivity index (χ4v) is 2.73. The van der Waals surface area contributed by atoms with E-state index in [-0.39, 0.29) is 24.0 Å². The highest BCUT2D eigenvalue weighted by Crippen LogP contribution is 2.36. The topological polar surface area (TPSA) is 113 Å². The third-order valence-corrected chi connectivity index (χ3v) is 4.15. The molecule has 7 nitrogen and oxygen atoms in total. The van der Waals surface area contributed by atoms with Gasteiger partial charge in [0.25, 0.3) is 0 Å². The summed E-state index contributed by atoms with van der Waals surface area (Å²) in [6.45, 7) is 4.25. The average Bonchev–Trinajstić information content (AvgIpc) is 2.66. The van der Waals surface area contributed by atoms with E-state index >= 15 is 0 Å². The Morgan fingerprint density at radius 3 is 2.56 bits per heavy atom. The number of benzene rings is 2. The number of aromatic hydroxyl groups is 1. The maximum absolute atomic E-state index is 13.0. The zero-order valence-electron chi connectivity index (χ0n) is 15.4. The van der Waals surface area contributed by atoms with Gasteiger partial charge in [-0.1, -0.05) is 19.9 Å². The zero-order chi connectivity index (χ0) is 20.0. The minimum Gasteiger partial charge on any atom is -0.507 e. The SMILES string of the molecule is COc1cc(O)c(C(N)Nc2ccc(CNC#N)cc2OF)cc1C(C)C. The molecule has 8 heteroatoms. The fraction of sp³-hybridized carbons (Fsp3) is 0.316. The molecule has 0 saturated carbocycles. The monoisotopic (exact) mass is 374 g/mol. The summed E-state index contributed by atoms with van der Waals surface area (Å²) >= 11 is 0. The summed E-state index contributed by atoms with van der Waals surface area (Å²) in [5, 5.41) is 24.3. The van der Waals surface area contributed by atoms with Gasteiger partial charge in [0.05, 0.1) is 19.3 Å². The predicted molar refractivity (Wildman–Crippen MR) is 99.9 cm³/mol. The van der Waals surface area contributed by atoms with E-state index in [1.807, 2.05) is 13.8 Å². The van der Waals surface area contributed by atoms with E-state index in [0.717, 1.165) is 5.56 Å². The first kappa shape index (κ1) is 20.1. The smallest absolute Gasteiger partial charge is 0.195 e. The van der Waals surface area contributed by atoms with Gasteiger partial charge in [0.15, 0.2) is 11.9 Å². The molecule has 2 rings (SSSR count). The number of methoxy groups -OCH3 is 1. The molecule has 0 radical (unpaired) electrons. The van der Waals surface area contributed by atoms with E-state index in [1.165, 1.54) is 19.2 Å². The van der Waals surface area contributed by atoms with Gasteiger partial charge in [-0.25, -0.2) is 0 Å². The van der Waals surface area contributed by atoms with E-state index in [0.29, 0.717) is 22.6 Å². The van der Waals surface area contributed by atoms with Gasteiger partial charge in [-0.15, -0.1) is 0 Å². The largest absolute Gasteiger partial charge is 0.507 e. The third-order valence-electron chi connectivity index (χ3n) is 4.15. The zero-order valence-corrected chi connectivity index (χ0v) is 15.4. The van der Waals surface area contributed by atoms with Crippen LogP contribution in [0.3, 0.4) is 0 Å². The van der Waals surface area contributed by atoms with Crippen molar-refractivity contribution >= 4 is 5.69 Å². The number of phenols is 1. The van der Waals surface area contributed by atoms with Crippen LogP contribution >= 0.6 is 0 Å². The number of ether oxygens (including phenoxy) is 1. The number of halogens is 1. The van der Waals surface area contributed by atoms with Crippen LogP contribution in [0.4, 0.5) is 10.2 Å². The van der Waals surface area contributed by atoms with Gasteiger partial charge in [0.2, 0.25) is 0 Å². The molecule has 0 aliphatic heterocycles. The molecule has 2 aromatic rings. The molecule has 0 saturated heterocycles. The fourth-order valence-electron chi connectivity index (χ4n) is 2.73. The van der Waals surface area contributed by atoms with Gasteiger partial charge >= 0.3 is 0 Å². The molecule has 144 valence electrons. The van der Waals surface area contributed by atoms with Crippen molar-refractivity contribution in [2.75, 3.05) is 12.4 Å². The Morgan fingerprint density at radius 2 is 1.96 bits per heavy atom. The summed E-state index contributed by atoms with van der Waals surface area (Å²) in [6.07, 6.45) is 0.979. The summed E-state index contributed by atoms with van der Waals surface area (Å²) < 4.78 is 18.3. The summed E-state index contributed by atoms with van der Waals surface area (Å²) in [4.78, 5) is 3.92. The maximum atomic E-state index is 13.0. The Morgan fingerprint density at radius 1 is 1.22 bits per heavy atom. The van der Waals surface area contributed by atoms with Crippen molar-refractivity contribution < 1.29 is 19.3 Å². The van der Waals surface area contributed by atoms with Crippen LogP contribution in [-0.4, -0.2) is 12.2 Å². The number of hydrogen-bond acceptors (Lipinski definition) is 7. The molecule has 2 aromatic carbocycles. The molecular formula is C19H23FN4O3. The summed E-state index contributed by atoms with van der Waals surface area (Å²) in [6, 6.07) is 8.02. The van der Waals surface area contributed by atoms with Gasteiger partial charge in [-0.2, -0.15) is 5.26 Å². The van der Waals surface area contributed by atoms with Crippen molar-refractivity contribution in [3.8, 4) is 23.4 Å². The van der Waals surface area contributed by atoms with Gasteiger partial charge in [0, 0.05) is 16.2 Å². The van der Waals surface area contributed by atoms with Crippen LogP contribution in [0.5, 0.6) is 17.2 Å². The molecule has 1 unspecified atom stereocenters. The van der Waals surface area contributed by atoms with Gasteiger partial charge in [-0.3, -0.25) is 4.94 Å². The van der Waals surface area contributed by atoms with Crippen molar-refractivity contribution in [2.24, 2.45) is 5.73 Å². The van der Waals surface area contributed by atoms with Crippen molar-refractivity contribution in [2.45, 2.75) is 32.5 Å². The first-order chi connectivity index (χ1) is 12.9. The minimum absolute atomic E-state index is 0.0335. The lowest BCUT2D eigenvalue weighted by Crippen LogP contribution is -2.21. The lowest BCUT2D eigenvalue weighted by atomic mass is 9.97. The van der Waals surface area contributed by atoms with Crippen molar-refractivity contribution in [1.82, 2.24) is 5.32 Å². The summed E-state index contributed by atoms with van der Waals surface area (Å²) in [5.41, 5.74) is 8.50. The van der Waals surface area contributed by atoms with Crippen molar-refractivity contribution in [1.29, 1.82) is 5.26 Å². The average molecular weight is 374 g/mol. The predicted octanol–water partition coefficient (Wildman–Crippen LogP) is 3.43. The second kappa shape index (κ2) is 8.96. The highest BCUT2D eigenvalue weighted by molar-refractivity contribution is 5.60. The van der Waals surface area contributed by atoms with Crippen LogP contribution in [0.1, 0.15) is 42.6 Å². The number of nitriles is 1.